The number of piperazine rings is 1. The lowest BCUT2D eigenvalue weighted by Crippen LogP contribution is -2.61. The fraction of sp³-hybridized carbons (Fsp3) is 0.650. The number of nitrogens with zero attached hydrogens (tertiary/aromatic N) is 3. The maximum atomic E-state index is 12.3. The van der Waals surface area contributed by atoms with Crippen molar-refractivity contribution < 1.29 is 9.53 Å². The Hall–Kier alpha value is -1.59. The van der Waals surface area contributed by atoms with Gasteiger partial charge in [0, 0.05) is 38.3 Å². The zero-order valence-corrected chi connectivity index (χ0v) is 15.6. The summed E-state index contributed by atoms with van der Waals surface area (Å²) in [6.07, 6.45) is 3.36. The topological polar surface area (TPSA) is 36.0 Å². The minimum Gasteiger partial charge on any atom is -0.453 e. The Morgan fingerprint density at radius 1 is 1.12 bits per heavy atom. The zero-order valence-electron chi connectivity index (χ0n) is 15.6. The van der Waals surface area contributed by atoms with Crippen molar-refractivity contribution in [2.24, 2.45) is 0 Å². The van der Waals surface area contributed by atoms with Crippen molar-refractivity contribution in [1.82, 2.24) is 14.7 Å². The molecule has 0 aromatic heterocycles. The molecule has 2 unspecified atom stereocenters. The van der Waals surface area contributed by atoms with Gasteiger partial charge in [-0.25, -0.2) is 4.79 Å². The highest BCUT2D eigenvalue weighted by molar-refractivity contribution is 5.68. The molecule has 0 bridgehead atoms. The first-order valence-electron chi connectivity index (χ1n) is 9.56. The summed E-state index contributed by atoms with van der Waals surface area (Å²) in [7, 11) is 1.49. The van der Waals surface area contributed by atoms with E-state index in [0.29, 0.717) is 6.04 Å². The molecular weight excluding hydrogens is 314 g/mol. The second-order valence-electron chi connectivity index (χ2n) is 7.26. The van der Waals surface area contributed by atoms with Gasteiger partial charge in [-0.05, 0) is 37.9 Å². The van der Waals surface area contributed by atoms with Crippen LogP contribution in [0.3, 0.4) is 0 Å². The lowest BCUT2D eigenvalue weighted by Gasteiger charge is -2.46. The number of benzene rings is 1. The quantitative estimate of drug-likeness (QED) is 0.822. The molecule has 2 atom stereocenters. The maximum absolute atomic E-state index is 12.3. The first-order valence-corrected chi connectivity index (χ1v) is 9.56. The summed E-state index contributed by atoms with van der Waals surface area (Å²) in [6.45, 7) is 8.19. The highest BCUT2D eigenvalue weighted by atomic mass is 16.5. The predicted molar refractivity (Wildman–Crippen MR) is 99.5 cm³/mol. The second kappa shape index (κ2) is 8.68. The minimum atomic E-state index is -0.183. The van der Waals surface area contributed by atoms with Crippen molar-refractivity contribution in [3.05, 3.63) is 35.9 Å². The highest BCUT2D eigenvalue weighted by Gasteiger charge is 2.37. The minimum absolute atomic E-state index is 0.183. The van der Waals surface area contributed by atoms with E-state index in [1.165, 1.54) is 38.6 Å². The molecule has 0 spiro atoms. The number of likely N-dealkylation sites (tertiary alicyclic amines) is 1. The van der Waals surface area contributed by atoms with Crippen LogP contribution in [0.2, 0.25) is 0 Å². The molecule has 0 radical (unpaired) electrons. The molecule has 2 fully saturated rings. The van der Waals surface area contributed by atoms with Gasteiger partial charge in [-0.3, -0.25) is 4.90 Å². The van der Waals surface area contributed by atoms with Gasteiger partial charge >= 0.3 is 6.09 Å². The molecule has 1 aromatic carbocycles. The van der Waals surface area contributed by atoms with E-state index in [4.69, 9.17) is 4.74 Å². The van der Waals surface area contributed by atoms with E-state index < -0.39 is 0 Å². The van der Waals surface area contributed by atoms with Gasteiger partial charge in [-0.2, -0.15) is 0 Å². The molecule has 1 aromatic rings. The average molecular weight is 345 g/mol. The molecule has 0 aliphatic carbocycles. The van der Waals surface area contributed by atoms with Crippen molar-refractivity contribution in [3.8, 4) is 0 Å². The number of hydrogen-bond acceptors (Lipinski definition) is 4. The van der Waals surface area contributed by atoms with Crippen LogP contribution in [0.1, 0.15) is 31.7 Å². The van der Waals surface area contributed by atoms with E-state index in [1.807, 2.05) is 4.90 Å². The Bertz CT molecular complexity index is 545. The highest BCUT2D eigenvalue weighted by Crippen LogP contribution is 2.23. The van der Waals surface area contributed by atoms with Crippen molar-refractivity contribution >= 4 is 6.09 Å². The Balaban J connectivity index is 1.75. The van der Waals surface area contributed by atoms with Crippen LogP contribution in [-0.4, -0.2) is 72.7 Å². The molecule has 2 aliphatic rings. The van der Waals surface area contributed by atoms with Gasteiger partial charge < -0.3 is 14.5 Å². The molecule has 2 heterocycles. The van der Waals surface area contributed by atoms with Gasteiger partial charge in [0.1, 0.15) is 0 Å². The molecule has 0 N–H and O–H groups in total. The fourth-order valence-electron chi connectivity index (χ4n) is 4.15. The largest absolute Gasteiger partial charge is 0.453 e. The molecule has 138 valence electrons. The smallest absolute Gasteiger partial charge is 0.409 e. The van der Waals surface area contributed by atoms with Gasteiger partial charge in [0.25, 0.3) is 0 Å². The number of rotatable bonds is 5. The lowest BCUT2D eigenvalue weighted by atomic mass is 10.0. The van der Waals surface area contributed by atoms with Crippen LogP contribution in [0, 0.1) is 0 Å². The van der Waals surface area contributed by atoms with E-state index in [1.54, 1.807) is 0 Å². The van der Waals surface area contributed by atoms with E-state index in [9.17, 15) is 4.79 Å². The summed E-state index contributed by atoms with van der Waals surface area (Å²) < 4.78 is 5.05. The van der Waals surface area contributed by atoms with Crippen LogP contribution in [0.15, 0.2) is 30.3 Å². The normalized spacial score (nSPS) is 25.3. The summed E-state index contributed by atoms with van der Waals surface area (Å²) >= 11 is 0. The number of hydrogen-bond donors (Lipinski definition) is 0. The Labute approximate surface area is 151 Å². The van der Waals surface area contributed by atoms with E-state index in [0.717, 1.165) is 32.6 Å². The van der Waals surface area contributed by atoms with Gasteiger partial charge in [0.05, 0.1) is 7.11 Å². The lowest BCUT2D eigenvalue weighted by molar-refractivity contribution is 0.00956. The Kier molecular flexibility index (Phi) is 6.32. The molecule has 2 saturated heterocycles. The van der Waals surface area contributed by atoms with Crippen LogP contribution < -0.4 is 0 Å². The summed E-state index contributed by atoms with van der Waals surface area (Å²) in [5, 5.41) is 0. The first kappa shape index (κ1) is 18.2. The van der Waals surface area contributed by atoms with E-state index in [-0.39, 0.29) is 12.1 Å². The van der Waals surface area contributed by atoms with Crippen molar-refractivity contribution in [2.75, 3.05) is 39.8 Å². The number of carbonyl (C=O) groups is 1. The molecule has 25 heavy (non-hydrogen) atoms. The third-order valence-electron chi connectivity index (χ3n) is 5.59. The molecule has 3 rings (SSSR count). The van der Waals surface area contributed by atoms with Crippen LogP contribution in [0.25, 0.3) is 0 Å². The SMILES string of the molecule is CCC1CN(Cc2ccccc2)C(CN2CCCC2)CN1C(=O)OC. The number of amides is 1. The number of carbonyl (C=O) groups excluding carboxylic acids is 1. The predicted octanol–water partition coefficient (Wildman–Crippen LogP) is 2.81. The second-order valence-corrected chi connectivity index (χ2v) is 7.26. The maximum Gasteiger partial charge on any atom is 0.409 e. The van der Waals surface area contributed by atoms with Crippen LogP contribution in [0.5, 0.6) is 0 Å². The zero-order chi connectivity index (χ0) is 17.6. The summed E-state index contributed by atoms with van der Waals surface area (Å²) in [5.74, 6) is 0. The molecule has 5 heteroatoms. The number of ether oxygens (including phenoxy) is 1. The fourth-order valence-corrected chi connectivity index (χ4v) is 4.15. The van der Waals surface area contributed by atoms with Crippen LogP contribution in [0.4, 0.5) is 4.79 Å². The molecular formula is C20H31N3O2. The Morgan fingerprint density at radius 3 is 2.48 bits per heavy atom. The standard InChI is InChI=1S/C20H31N3O2/c1-3-18-15-22(13-17-9-5-4-6-10-17)19(14-21-11-7-8-12-21)16-23(18)20(24)25-2/h4-6,9-10,18-19H,3,7-8,11-16H2,1-2H3. The van der Waals surface area contributed by atoms with Crippen LogP contribution in [-0.2, 0) is 11.3 Å². The average Bonchev–Trinajstić information content (AvgIpc) is 3.16. The van der Waals surface area contributed by atoms with Gasteiger partial charge in [-0.15, -0.1) is 0 Å². The van der Waals surface area contributed by atoms with E-state index in [2.05, 4.69) is 47.1 Å². The molecule has 5 nitrogen and oxygen atoms in total. The third-order valence-corrected chi connectivity index (χ3v) is 5.59. The monoisotopic (exact) mass is 345 g/mol. The van der Waals surface area contributed by atoms with Gasteiger partial charge in [0.15, 0.2) is 0 Å². The molecule has 1 amide bonds. The molecule has 0 saturated carbocycles. The van der Waals surface area contributed by atoms with Crippen molar-refractivity contribution in [3.63, 3.8) is 0 Å². The Morgan fingerprint density at radius 2 is 1.84 bits per heavy atom. The number of methoxy groups -OCH3 is 1. The van der Waals surface area contributed by atoms with Gasteiger partial charge in [0.2, 0.25) is 0 Å². The van der Waals surface area contributed by atoms with E-state index >= 15 is 0 Å². The first-order chi connectivity index (χ1) is 12.2. The summed E-state index contributed by atoms with van der Waals surface area (Å²) in [4.78, 5) is 19.3. The van der Waals surface area contributed by atoms with Crippen LogP contribution >= 0.6 is 0 Å². The van der Waals surface area contributed by atoms with Crippen molar-refractivity contribution in [2.45, 2.75) is 44.8 Å². The van der Waals surface area contributed by atoms with Crippen molar-refractivity contribution in [1.29, 1.82) is 0 Å². The van der Waals surface area contributed by atoms with Gasteiger partial charge in [-0.1, -0.05) is 37.3 Å². The third kappa shape index (κ3) is 4.53. The summed E-state index contributed by atoms with van der Waals surface area (Å²) in [5.41, 5.74) is 1.34. The molecule has 2 aliphatic heterocycles. The summed E-state index contributed by atoms with van der Waals surface area (Å²) in [6, 6.07) is 11.3.